The SMILES string of the molecule is COc1cccc(CN2C(=O)N(CCC(C)C)C3(CCN(C4CCSCC4)CC3)C2=O)c1. The topological polar surface area (TPSA) is 53.1 Å². The van der Waals surface area contributed by atoms with Crippen molar-refractivity contribution in [1.82, 2.24) is 14.7 Å². The summed E-state index contributed by atoms with van der Waals surface area (Å²) in [6, 6.07) is 8.17. The van der Waals surface area contributed by atoms with Crippen LogP contribution in [-0.4, -0.2) is 76.5 Å². The van der Waals surface area contributed by atoms with Crippen LogP contribution in [0.1, 0.15) is 51.5 Å². The lowest BCUT2D eigenvalue weighted by Gasteiger charge is -2.45. The third kappa shape index (κ3) is 4.65. The van der Waals surface area contributed by atoms with Gasteiger partial charge in [-0.05, 0) is 67.2 Å². The van der Waals surface area contributed by atoms with Gasteiger partial charge in [0.1, 0.15) is 11.3 Å². The van der Waals surface area contributed by atoms with E-state index in [0.29, 0.717) is 25.0 Å². The lowest BCUT2D eigenvalue weighted by molar-refractivity contribution is -0.136. The molecule has 3 heterocycles. The molecule has 4 rings (SSSR count). The number of likely N-dealkylation sites (tertiary alicyclic amines) is 1. The van der Waals surface area contributed by atoms with Crippen LogP contribution in [0.4, 0.5) is 4.79 Å². The summed E-state index contributed by atoms with van der Waals surface area (Å²) < 4.78 is 5.33. The molecule has 3 saturated heterocycles. The summed E-state index contributed by atoms with van der Waals surface area (Å²) in [6.07, 6.45) is 4.88. The van der Waals surface area contributed by atoms with E-state index in [-0.39, 0.29) is 11.9 Å². The van der Waals surface area contributed by atoms with E-state index in [9.17, 15) is 9.59 Å². The molecule has 1 aromatic rings. The number of carbonyl (C=O) groups excluding carboxylic acids is 2. The highest BCUT2D eigenvalue weighted by atomic mass is 32.2. The highest BCUT2D eigenvalue weighted by Gasteiger charge is 2.57. The number of hydrogen-bond donors (Lipinski definition) is 0. The number of nitrogens with zero attached hydrogens (tertiary/aromatic N) is 3. The van der Waals surface area contributed by atoms with E-state index in [1.165, 1.54) is 29.2 Å². The first-order chi connectivity index (χ1) is 15.4. The summed E-state index contributed by atoms with van der Waals surface area (Å²) in [5.41, 5.74) is 0.245. The Hall–Kier alpha value is -1.73. The molecular weight excluding hydrogens is 422 g/mol. The van der Waals surface area contributed by atoms with Crippen LogP contribution in [0.3, 0.4) is 0 Å². The lowest BCUT2D eigenvalue weighted by atomic mass is 9.84. The Balaban J connectivity index is 1.53. The third-order valence-electron chi connectivity index (χ3n) is 7.36. The van der Waals surface area contributed by atoms with E-state index in [4.69, 9.17) is 4.74 Å². The predicted molar refractivity (Wildman–Crippen MR) is 129 cm³/mol. The van der Waals surface area contributed by atoms with Crippen molar-refractivity contribution in [2.75, 3.05) is 38.2 Å². The molecule has 176 valence electrons. The van der Waals surface area contributed by atoms with Crippen LogP contribution in [0.15, 0.2) is 24.3 Å². The van der Waals surface area contributed by atoms with Gasteiger partial charge in [-0.15, -0.1) is 0 Å². The first-order valence-corrected chi connectivity index (χ1v) is 13.2. The van der Waals surface area contributed by atoms with E-state index < -0.39 is 5.54 Å². The molecule has 7 heteroatoms. The molecule has 0 aromatic heterocycles. The molecular formula is C25H37N3O3S. The first kappa shape index (κ1) is 23.4. The quantitative estimate of drug-likeness (QED) is 0.571. The second kappa shape index (κ2) is 10.0. The maximum Gasteiger partial charge on any atom is 0.327 e. The monoisotopic (exact) mass is 459 g/mol. The largest absolute Gasteiger partial charge is 0.497 e. The number of piperidine rings is 1. The molecule has 1 aromatic carbocycles. The van der Waals surface area contributed by atoms with E-state index in [1.807, 2.05) is 40.9 Å². The number of urea groups is 1. The zero-order chi connectivity index (χ0) is 22.7. The minimum Gasteiger partial charge on any atom is -0.497 e. The van der Waals surface area contributed by atoms with Gasteiger partial charge in [0.25, 0.3) is 5.91 Å². The van der Waals surface area contributed by atoms with Crippen molar-refractivity contribution in [2.45, 2.75) is 64.1 Å². The number of benzene rings is 1. The van der Waals surface area contributed by atoms with Gasteiger partial charge in [0.2, 0.25) is 0 Å². The number of methoxy groups -OCH3 is 1. The van der Waals surface area contributed by atoms with E-state index in [0.717, 1.165) is 43.7 Å². The lowest BCUT2D eigenvalue weighted by Crippen LogP contribution is -2.58. The molecule has 1 spiro atoms. The highest BCUT2D eigenvalue weighted by molar-refractivity contribution is 7.99. The number of rotatable bonds is 7. The van der Waals surface area contributed by atoms with Gasteiger partial charge in [-0.25, -0.2) is 4.79 Å². The Bertz CT molecular complexity index is 816. The highest BCUT2D eigenvalue weighted by Crippen LogP contribution is 2.40. The fourth-order valence-corrected chi connectivity index (χ4v) is 6.45. The summed E-state index contributed by atoms with van der Waals surface area (Å²) in [7, 11) is 1.63. The molecule has 3 aliphatic rings. The van der Waals surface area contributed by atoms with Crippen LogP contribution in [-0.2, 0) is 11.3 Å². The fourth-order valence-electron chi connectivity index (χ4n) is 5.37. The van der Waals surface area contributed by atoms with Gasteiger partial charge in [0.15, 0.2) is 0 Å². The van der Waals surface area contributed by atoms with Crippen LogP contribution in [0.5, 0.6) is 5.75 Å². The average Bonchev–Trinajstić information content (AvgIpc) is 3.00. The van der Waals surface area contributed by atoms with Gasteiger partial charge in [0, 0.05) is 25.7 Å². The zero-order valence-corrected chi connectivity index (χ0v) is 20.5. The number of ether oxygens (including phenoxy) is 1. The maximum atomic E-state index is 13.8. The molecule has 0 atom stereocenters. The molecule has 0 aliphatic carbocycles. The Morgan fingerprint density at radius 3 is 2.53 bits per heavy atom. The molecule has 6 nitrogen and oxygen atoms in total. The number of hydrogen-bond acceptors (Lipinski definition) is 5. The van der Waals surface area contributed by atoms with E-state index in [2.05, 4.69) is 18.7 Å². The van der Waals surface area contributed by atoms with Crippen molar-refractivity contribution >= 4 is 23.7 Å². The van der Waals surface area contributed by atoms with Gasteiger partial charge in [-0.3, -0.25) is 9.69 Å². The average molecular weight is 460 g/mol. The minimum atomic E-state index is -0.676. The molecule has 32 heavy (non-hydrogen) atoms. The normalized spacial score (nSPS) is 22.4. The number of imide groups is 1. The Kier molecular flexibility index (Phi) is 7.35. The molecule has 3 amide bonds. The van der Waals surface area contributed by atoms with Gasteiger partial charge in [0.05, 0.1) is 13.7 Å². The van der Waals surface area contributed by atoms with Crippen LogP contribution in [0, 0.1) is 5.92 Å². The maximum absolute atomic E-state index is 13.8. The van der Waals surface area contributed by atoms with Crippen molar-refractivity contribution in [3.63, 3.8) is 0 Å². The van der Waals surface area contributed by atoms with Crippen molar-refractivity contribution < 1.29 is 14.3 Å². The fraction of sp³-hybridized carbons (Fsp3) is 0.680. The van der Waals surface area contributed by atoms with Crippen LogP contribution < -0.4 is 4.74 Å². The van der Waals surface area contributed by atoms with Crippen molar-refractivity contribution in [3.8, 4) is 5.75 Å². The van der Waals surface area contributed by atoms with Gasteiger partial charge >= 0.3 is 6.03 Å². The third-order valence-corrected chi connectivity index (χ3v) is 8.41. The summed E-state index contributed by atoms with van der Waals surface area (Å²) >= 11 is 2.05. The Morgan fingerprint density at radius 2 is 1.88 bits per heavy atom. The standard InChI is InChI=1S/C25H37N3O3S/c1-19(2)7-12-28-24(30)27(18-20-5-4-6-22(17-20)31-3)23(29)25(28)10-13-26(14-11-25)21-8-15-32-16-9-21/h4-6,17,19,21H,7-16,18H2,1-3H3. The van der Waals surface area contributed by atoms with Gasteiger partial charge < -0.3 is 14.5 Å². The summed E-state index contributed by atoms with van der Waals surface area (Å²) in [5, 5.41) is 0. The van der Waals surface area contributed by atoms with Crippen LogP contribution >= 0.6 is 11.8 Å². The molecule has 0 unspecified atom stereocenters. The van der Waals surface area contributed by atoms with Gasteiger partial charge in [-0.1, -0.05) is 26.0 Å². The van der Waals surface area contributed by atoms with Crippen LogP contribution in [0.2, 0.25) is 0 Å². The molecule has 0 saturated carbocycles. The molecule has 0 N–H and O–H groups in total. The molecule has 0 radical (unpaired) electrons. The van der Waals surface area contributed by atoms with Crippen molar-refractivity contribution in [1.29, 1.82) is 0 Å². The smallest absolute Gasteiger partial charge is 0.327 e. The van der Waals surface area contributed by atoms with Crippen molar-refractivity contribution in [3.05, 3.63) is 29.8 Å². The second-order valence-corrected chi connectivity index (χ2v) is 11.0. The summed E-state index contributed by atoms with van der Waals surface area (Å²) in [6.45, 7) is 7.10. The number of thioether (sulfide) groups is 1. The zero-order valence-electron chi connectivity index (χ0n) is 19.7. The predicted octanol–water partition coefficient (Wildman–Crippen LogP) is 4.24. The van der Waals surface area contributed by atoms with Crippen molar-refractivity contribution in [2.24, 2.45) is 5.92 Å². The molecule has 3 fully saturated rings. The molecule has 3 aliphatic heterocycles. The van der Waals surface area contributed by atoms with E-state index in [1.54, 1.807) is 7.11 Å². The summed E-state index contributed by atoms with van der Waals surface area (Å²) in [5.74, 6) is 3.69. The molecule has 0 bridgehead atoms. The summed E-state index contributed by atoms with van der Waals surface area (Å²) in [4.78, 5) is 33.3. The number of amides is 3. The number of carbonyl (C=O) groups is 2. The second-order valence-electron chi connectivity index (χ2n) is 9.77. The minimum absolute atomic E-state index is 0.00655. The van der Waals surface area contributed by atoms with E-state index >= 15 is 0 Å². The Labute approximate surface area is 196 Å². The van der Waals surface area contributed by atoms with Gasteiger partial charge in [-0.2, -0.15) is 11.8 Å². The van der Waals surface area contributed by atoms with Crippen LogP contribution in [0.25, 0.3) is 0 Å². The Morgan fingerprint density at radius 1 is 1.16 bits per heavy atom. The first-order valence-electron chi connectivity index (χ1n) is 12.0.